The highest BCUT2D eigenvalue weighted by atomic mass is 35.5. The van der Waals surface area contributed by atoms with Crippen LogP contribution in [-0.4, -0.2) is 22.3 Å². The number of rotatable bonds is 5. The Morgan fingerprint density at radius 1 is 1.40 bits per heavy atom. The van der Waals surface area contributed by atoms with Gasteiger partial charge in [-0.1, -0.05) is 23.7 Å². The van der Waals surface area contributed by atoms with Gasteiger partial charge < -0.3 is 10.1 Å². The molecule has 1 aromatic heterocycles. The van der Waals surface area contributed by atoms with Crippen LogP contribution in [0.25, 0.3) is 0 Å². The molecule has 0 fully saturated rings. The van der Waals surface area contributed by atoms with Gasteiger partial charge in [-0.2, -0.15) is 5.10 Å². The van der Waals surface area contributed by atoms with Crippen molar-refractivity contribution in [2.75, 3.05) is 11.9 Å². The van der Waals surface area contributed by atoms with Crippen LogP contribution in [0, 0.1) is 0 Å². The van der Waals surface area contributed by atoms with E-state index in [1.165, 1.54) is 6.20 Å². The van der Waals surface area contributed by atoms with Crippen molar-refractivity contribution in [1.82, 2.24) is 9.78 Å². The SMILES string of the molecule is CCOc1ccccc1NC(=O)c1c(Cl)cnn1CC. The molecule has 0 saturated carbocycles. The summed E-state index contributed by atoms with van der Waals surface area (Å²) in [6, 6.07) is 7.27. The zero-order chi connectivity index (χ0) is 14.5. The molecule has 6 heteroatoms. The molecule has 2 aromatic rings. The number of ether oxygens (including phenoxy) is 1. The maximum absolute atomic E-state index is 12.3. The number of benzene rings is 1. The van der Waals surface area contributed by atoms with Gasteiger partial charge in [0.25, 0.3) is 5.91 Å². The highest BCUT2D eigenvalue weighted by molar-refractivity contribution is 6.34. The van der Waals surface area contributed by atoms with Crippen LogP contribution in [0.3, 0.4) is 0 Å². The minimum atomic E-state index is -0.304. The lowest BCUT2D eigenvalue weighted by molar-refractivity contribution is 0.101. The molecule has 0 aliphatic heterocycles. The zero-order valence-electron chi connectivity index (χ0n) is 11.4. The average Bonchev–Trinajstić information content (AvgIpc) is 2.82. The maximum atomic E-state index is 12.3. The van der Waals surface area contributed by atoms with E-state index in [0.29, 0.717) is 35.3 Å². The second-order valence-electron chi connectivity index (χ2n) is 4.04. The van der Waals surface area contributed by atoms with Gasteiger partial charge in [-0.15, -0.1) is 0 Å². The fourth-order valence-electron chi connectivity index (χ4n) is 1.86. The third-order valence-electron chi connectivity index (χ3n) is 2.74. The van der Waals surface area contributed by atoms with Crippen LogP contribution in [0.5, 0.6) is 5.75 Å². The first kappa shape index (κ1) is 14.4. The summed E-state index contributed by atoms with van der Waals surface area (Å²) in [5, 5.41) is 7.18. The molecule has 0 unspecified atom stereocenters. The van der Waals surface area contributed by atoms with Crippen molar-refractivity contribution in [2.24, 2.45) is 0 Å². The molecule has 0 radical (unpaired) electrons. The Morgan fingerprint density at radius 2 is 2.15 bits per heavy atom. The van der Waals surface area contributed by atoms with Crippen LogP contribution in [-0.2, 0) is 6.54 Å². The summed E-state index contributed by atoms with van der Waals surface area (Å²) in [6.07, 6.45) is 1.47. The fraction of sp³-hybridized carbons (Fsp3) is 0.286. The van der Waals surface area contributed by atoms with E-state index in [2.05, 4.69) is 10.4 Å². The number of hydrogen-bond acceptors (Lipinski definition) is 3. The van der Waals surface area contributed by atoms with Crippen LogP contribution in [0.1, 0.15) is 24.3 Å². The molecule has 1 heterocycles. The smallest absolute Gasteiger partial charge is 0.275 e. The van der Waals surface area contributed by atoms with Gasteiger partial charge in [0, 0.05) is 6.54 Å². The van der Waals surface area contributed by atoms with Crippen molar-refractivity contribution in [1.29, 1.82) is 0 Å². The summed E-state index contributed by atoms with van der Waals surface area (Å²) in [6.45, 7) is 4.89. The highest BCUT2D eigenvalue weighted by Gasteiger charge is 2.18. The Bertz CT molecular complexity index is 610. The lowest BCUT2D eigenvalue weighted by Crippen LogP contribution is -2.18. The largest absolute Gasteiger partial charge is 0.492 e. The number of nitrogens with one attached hydrogen (secondary N) is 1. The van der Waals surface area contributed by atoms with E-state index in [4.69, 9.17) is 16.3 Å². The quantitative estimate of drug-likeness (QED) is 0.921. The molecule has 0 atom stereocenters. The van der Waals surface area contributed by atoms with E-state index in [1.54, 1.807) is 16.8 Å². The molecule has 1 N–H and O–H groups in total. The second kappa shape index (κ2) is 6.43. The van der Waals surface area contributed by atoms with Gasteiger partial charge in [-0.25, -0.2) is 0 Å². The third kappa shape index (κ3) is 2.93. The lowest BCUT2D eigenvalue weighted by atomic mass is 10.2. The molecule has 1 amide bonds. The molecule has 1 aromatic carbocycles. The Morgan fingerprint density at radius 3 is 2.85 bits per heavy atom. The normalized spacial score (nSPS) is 10.3. The van der Waals surface area contributed by atoms with Crippen molar-refractivity contribution in [3.05, 3.63) is 41.2 Å². The van der Waals surface area contributed by atoms with Gasteiger partial charge in [0.2, 0.25) is 0 Å². The number of amides is 1. The number of carbonyl (C=O) groups is 1. The molecule has 106 valence electrons. The van der Waals surface area contributed by atoms with Gasteiger partial charge >= 0.3 is 0 Å². The van der Waals surface area contributed by atoms with Crippen LogP contribution in [0.2, 0.25) is 5.02 Å². The summed E-state index contributed by atoms with van der Waals surface area (Å²) in [7, 11) is 0. The van der Waals surface area contributed by atoms with Crippen LogP contribution in [0.4, 0.5) is 5.69 Å². The zero-order valence-corrected chi connectivity index (χ0v) is 12.1. The van der Waals surface area contributed by atoms with Crippen molar-refractivity contribution in [2.45, 2.75) is 20.4 Å². The summed E-state index contributed by atoms with van der Waals surface area (Å²) < 4.78 is 7.03. The highest BCUT2D eigenvalue weighted by Crippen LogP contribution is 2.25. The van der Waals surface area contributed by atoms with E-state index in [1.807, 2.05) is 26.0 Å². The second-order valence-corrected chi connectivity index (χ2v) is 4.45. The molecule has 5 nitrogen and oxygen atoms in total. The number of aryl methyl sites for hydroxylation is 1. The standard InChI is InChI=1S/C14H16ClN3O2/c1-3-18-13(10(15)9-16-18)14(19)17-11-7-5-6-8-12(11)20-4-2/h5-9H,3-4H2,1-2H3,(H,17,19). The first-order chi connectivity index (χ1) is 9.67. The molecule has 0 aliphatic carbocycles. The molecular formula is C14H16ClN3O2. The molecule has 0 aliphatic rings. The average molecular weight is 294 g/mol. The number of carbonyl (C=O) groups excluding carboxylic acids is 1. The number of para-hydroxylation sites is 2. The van der Waals surface area contributed by atoms with Crippen LogP contribution >= 0.6 is 11.6 Å². The first-order valence-corrected chi connectivity index (χ1v) is 6.79. The van der Waals surface area contributed by atoms with Gasteiger partial charge in [-0.05, 0) is 26.0 Å². The topological polar surface area (TPSA) is 56.1 Å². The van der Waals surface area contributed by atoms with Crippen molar-refractivity contribution in [3.8, 4) is 5.75 Å². The van der Waals surface area contributed by atoms with Crippen molar-refractivity contribution < 1.29 is 9.53 Å². The lowest BCUT2D eigenvalue weighted by Gasteiger charge is -2.12. The van der Waals surface area contributed by atoms with Gasteiger partial charge in [0.1, 0.15) is 11.4 Å². The molecule has 20 heavy (non-hydrogen) atoms. The van der Waals surface area contributed by atoms with Crippen LogP contribution in [0.15, 0.2) is 30.5 Å². The van der Waals surface area contributed by atoms with E-state index >= 15 is 0 Å². The van der Waals surface area contributed by atoms with Gasteiger partial charge in [0.15, 0.2) is 0 Å². The summed E-state index contributed by atoms with van der Waals surface area (Å²) >= 11 is 6.01. The number of hydrogen-bond donors (Lipinski definition) is 1. The summed E-state index contributed by atoms with van der Waals surface area (Å²) in [5.74, 6) is 0.323. The first-order valence-electron chi connectivity index (χ1n) is 6.41. The van der Waals surface area contributed by atoms with Crippen molar-refractivity contribution in [3.63, 3.8) is 0 Å². The monoisotopic (exact) mass is 293 g/mol. The third-order valence-corrected chi connectivity index (χ3v) is 3.02. The predicted molar refractivity (Wildman–Crippen MR) is 78.5 cm³/mol. The summed E-state index contributed by atoms with van der Waals surface area (Å²) in [5.41, 5.74) is 0.958. The fourth-order valence-corrected chi connectivity index (χ4v) is 2.09. The minimum absolute atomic E-state index is 0.304. The van der Waals surface area contributed by atoms with E-state index < -0.39 is 0 Å². The number of anilines is 1. The Labute approximate surface area is 122 Å². The van der Waals surface area contributed by atoms with E-state index in [-0.39, 0.29) is 5.91 Å². The van der Waals surface area contributed by atoms with E-state index in [0.717, 1.165) is 0 Å². The maximum Gasteiger partial charge on any atom is 0.275 e. The Balaban J connectivity index is 2.26. The molecule has 0 spiro atoms. The Kier molecular flexibility index (Phi) is 4.63. The van der Waals surface area contributed by atoms with Crippen LogP contribution < -0.4 is 10.1 Å². The molecule has 2 rings (SSSR count). The molecule has 0 saturated heterocycles. The summed E-state index contributed by atoms with van der Waals surface area (Å²) in [4.78, 5) is 12.3. The van der Waals surface area contributed by atoms with Gasteiger partial charge in [-0.3, -0.25) is 9.48 Å². The number of nitrogens with zero attached hydrogens (tertiary/aromatic N) is 2. The predicted octanol–water partition coefficient (Wildman–Crippen LogP) is 3.21. The van der Waals surface area contributed by atoms with E-state index in [9.17, 15) is 4.79 Å². The number of halogens is 1. The number of aromatic nitrogens is 2. The molecular weight excluding hydrogens is 278 g/mol. The Hall–Kier alpha value is -2.01. The minimum Gasteiger partial charge on any atom is -0.492 e. The molecule has 0 bridgehead atoms. The van der Waals surface area contributed by atoms with Crippen molar-refractivity contribution >= 4 is 23.2 Å². The van der Waals surface area contributed by atoms with Gasteiger partial charge in [0.05, 0.1) is 23.5 Å².